The van der Waals surface area contributed by atoms with E-state index in [-0.39, 0.29) is 11.3 Å². The molecule has 2 rings (SSSR count). The Hall–Kier alpha value is -2.64. The van der Waals surface area contributed by atoms with E-state index in [1.165, 1.54) is 25.1 Å². The predicted molar refractivity (Wildman–Crippen MR) is 79.0 cm³/mol. The summed E-state index contributed by atoms with van der Waals surface area (Å²) < 4.78 is 0. The van der Waals surface area contributed by atoms with Crippen molar-refractivity contribution < 1.29 is 19.6 Å². The van der Waals surface area contributed by atoms with Gasteiger partial charge in [-0.05, 0) is 31.9 Å². The first kappa shape index (κ1) is 15.7. The van der Waals surface area contributed by atoms with Crippen LogP contribution in [0.4, 0.5) is 11.4 Å². The molecule has 1 aliphatic heterocycles. The molecule has 1 aromatic rings. The van der Waals surface area contributed by atoms with Crippen molar-refractivity contribution in [1.82, 2.24) is 4.90 Å². The maximum absolute atomic E-state index is 12.4. The molecule has 0 aliphatic carbocycles. The number of anilines is 1. The molecule has 0 saturated carbocycles. The fourth-order valence-corrected chi connectivity index (χ4v) is 2.36. The molecular formula is C14H17N3O5. The standard InChI is InChI=1S/C14H17N3O5/c1-9(14(19)20)15-10-4-5-12(17(21)22)11(8-10)13(18)16-6-2-3-7-16/h4-5,8-9,15H,2-3,6-7H2,1H3,(H,19,20)/t9-/m1/s1. The summed E-state index contributed by atoms with van der Waals surface area (Å²) in [5.74, 6) is -1.44. The third-order valence-electron chi connectivity index (χ3n) is 3.57. The van der Waals surface area contributed by atoms with Crippen molar-refractivity contribution in [3.8, 4) is 0 Å². The number of benzene rings is 1. The van der Waals surface area contributed by atoms with Gasteiger partial charge in [0.1, 0.15) is 11.6 Å². The van der Waals surface area contributed by atoms with Crippen molar-refractivity contribution in [3.63, 3.8) is 0 Å². The lowest BCUT2D eigenvalue weighted by Crippen LogP contribution is -2.29. The van der Waals surface area contributed by atoms with Gasteiger partial charge in [-0.2, -0.15) is 0 Å². The highest BCUT2D eigenvalue weighted by Crippen LogP contribution is 2.26. The molecule has 0 bridgehead atoms. The highest BCUT2D eigenvalue weighted by atomic mass is 16.6. The summed E-state index contributed by atoms with van der Waals surface area (Å²) in [6, 6.07) is 3.10. The Balaban J connectivity index is 2.33. The zero-order valence-electron chi connectivity index (χ0n) is 12.1. The maximum atomic E-state index is 12.4. The summed E-state index contributed by atoms with van der Waals surface area (Å²) in [6.45, 7) is 2.62. The Morgan fingerprint density at radius 3 is 2.55 bits per heavy atom. The number of nitrogens with one attached hydrogen (secondary N) is 1. The van der Waals surface area contributed by atoms with Crippen LogP contribution in [0, 0.1) is 10.1 Å². The van der Waals surface area contributed by atoms with Crippen LogP contribution in [0.15, 0.2) is 18.2 Å². The number of hydrogen-bond acceptors (Lipinski definition) is 5. The molecule has 2 N–H and O–H groups in total. The SMILES string of the molecule is C[C@@H](Nc1ccc([N+](=O)[O-])c(C(=O)N2CCCC2)c1)C(=O)O. The molecule has 0 aromatic heterocycles. The first-order valence-corrected chi connectivity index (χ1v) is 6.97. The molecule has 1 heterocycles. The van der Waals surface area contributed by atoms with Gasteiger partial charge >= 0.3 is 5.97 Å². The number of carboxylic acid groups (broad SMARTS) is 1. The summed E-state index contributed by atoms with van der Waals surface area (Å²) in [6.07, 6.45) is 1.76. The summed E-state index contributed by atoms with van der Waals surface area (Å²) >= 11 is 0. The van der Waals surface area contributed by atoms with Gasteiger partial charge in [0.2, 0.25) is 0 Å². The predicted octanol–water partition coefficient (Wildman–Crippen LogP) is 1.72. The minimum atomic E-state index is -1.05. The lowest BCUT2D eigenvalue weighted by molar-refractivity contribution is -0.385. The van der Waals surface area contributed by atoms with Crippen LogP contribution in [-0.4, -0.2) is 45.9 Å². The molecule has 1 atom stereocenters. The average molecular weight is 307 g/mol. The van der Waals surface area contributed by atoms with Crippen molar-refractivity contribution >= 4 is 23.3 Å². The molecule has 8 heteroatoms. The molecule has 0 unspecified atom stereocenters. The minimum absolute atomic E-state index is 0.0190. The van der Waals surface area contributed by atoms with Gasteiger partial charge in [0.05, 0.1) is 4.92 Å². The van der Waals surface area contributed by atoms with Crippen LogP contribution in [0.25, 0.3) is 0 Å². The van der Waals surface area contributed by atoms with Gasteiger partial charge in [-0.3, -0.25) is 19.7 Å². The minimum Gasteiger partial charge on any atom is -0.480 e. The van der Waals surface area contributed by atoms with E-state index in [1.54, 1.807) is 4.90 Å². The maximum Gasteiger partial charge on any atom is 0.325 e. The van der Waals surface area contributed by atoms with E-state index in [4.69, 9.17) is 5.11 Å². The summed E-state index contributed by atoms with van der Waals surface area (Å²) in [4.78, 5) is 35.4. The van der Waals surface area contributed by atoms with E-state index < -0.39 is 22.8 Å². The van der Waals surface area contributed by atoms with E-state index in [2.05, 4.69) is 5.32 Å². The second kappa shape index (κ2) is 6.42. The largest absolute Gasteiger partial charge is 0.480 e. The number of rotatable bonds is 5. The normalized spacial score (nSPS) is 15.4. The number of carbonyl (C=O) groups is 2. The monoisotopic (exact) mass is 307 g/mol. The molecule has 118 valence electrons. The Kier molecular flexibility index (Phi) is 4.59. The third-order valence-corrected chi connectivity index (χ3v) is 3.57. The van der Waals surface area contributed by atoms with Gasteiger partial charge in [0.15, 0.2) is 0 Å². The number of amides is 1. The molecule has 1 saturated heterocycles. The Morgan fingerprint density at radius 2 is 2.00 bits per heavy atom. The lowest BCUT2D eigenvalue weighted by Gasteiger charge is -2.17. The number of nitro groups is 1. The van der Waals surface area contributed by atoms with E-state index in [0.717, 1.165) is 12.8 Å². The summed E-state index contributed by atoms with van der Waals surface area (Å²) in [5, 5.41) is 22.7. The van der Waals surface area contributed by atoms with Crippen LogP contribution < -0.4 is 5.32 Å². The molecule has 1 aliphatic rings. The first-order valence-electron chi connectivity index (χ1n) is 6.97. The number of nitro benzene ring substituents is 1. The van der Waals surface area contributed by atoms with Crippen LogP contribution in [0.1, 0.15) is 30.1 Å². The third kappa shape index (κ3) is 3.33. The van der Waals surface area contributed by atoms with Crippen LogP contribution >= 0.6 is 0 Å². The zero-order chi connectivity index (χ0) is 16.3. The first-order chi connectivity index (χ1) is 10.4. The van der Waals surface area contributed by atoms with Gasteiger partial charge in [-0.25, -0.2) is 0 Å². The molecular weight excluding hydrogens is 290 g/mol. The van der Waals surface area contributed by atoms with Crippen molar-refractivity contribution in [1.29, 1.82) is 0 Å². The number of hydrogen-bond donors (Lipinski definition) is 2. The zero-order valence-corrected chi connectivity index (χ0v) is 12.1. The molecule has 1 aromatic carbocycles. The molecule has 1 fully saturated rings. The summed E-state index contributed by atoms with van der Waals surface area (Å²) in [7, 11) is 0. The average Bonchev–Trinajstić information content (AvgIpc) is 3.00. The van der Waals surface area contributed by atoms with Crippen LogP contribution in [0.3, 0.4) is 0 Å². The van der Waals surface area contributed by atoms with Crippen molar-refractivity contribution in [2.45, 2.75) is 25.8 Å². The van der Waals surface area contributed by atoms with Gasteiger partial charge in [0, 0.05) is 24.8 Å². The quantitative estimate of drug-likeness (QED) is 0.632. The topological polar surface area (TPSA) is 113 Å². The van der Waals surface area contributed by atoms with Crippen LogP contribution in [-0.2, 0) is 4.79 Å². The number of nitrogens with zero attached hydrogens (tertiary/aromatic N) is 2. The second-order valence-electron chi connectivity index (χ2n) is 5.19. The lowest BCUT2D eigenvalue weighted by atomic mass is 10.1. The van der Waals surface area contributed by atoms with Gasteiger partial charge in [0.25, 0.3) is 11.6 Å². The fourth-order valence-electron chi connectivity index (χ4n) is 2.36. The second-order valence-corrected chi connectivity index (χ2v) is 5.19. The molecule has 8 nitrogen and oxygen atoms in total. The highest BCUT2D eigenvalue weighted by Gasteiger charge is 2.27. The smallest absolute Gasteiger partial charge is 0.325 e. The Labute approximate surface area is 126 Å². The van der Waals surface area contributed by atoms with Crippen LogP contribution in [0.2, 0.25) is 0 Å². The number of carbonyl (C=O) groups excluding carboxylic acids is 1. The number of carboxylic acids is 1. The Bertz CT molecular complexity index is 610. The Morgan fingerprint density at radius 1 is 1.36 bits per heavy atom. The molecule has 0 spiro atoms. The number of likely N-dealkylation sites (tertiary alicyclic amines) is 1. The molecule has 22 heavy (non-hydrogen) atoms. The van der Waals surface area contributed by atoms with Crippen molar-refractivity contribution in [2.75, 3.05) is 18.4 Å². The van der Waals surface area contributed by atoms with E-state index in [9.17, 15) is 19.7 Å². The van der Waals surface area contributed by atoms with Crippen LogP contribution in [0.5, 0.6) is 0 Å². The fraction of sp³-hybridized carbons (Fsp3) is 0.429. The van der Waals surface area contributed by atoms with Gasteiger partial charge in [-0.15, -0.1) is 0 Å². The summed E-state index contributed by atoms with van der Waals surface area (Å²) in [5.41, 5.74) is 0.0722. The van der Waals surface area contributed by atoms with Gasteiger partial charge < -0.3 is 15.3 Å². The number of aliphatic carboxylic acids is 1. The van der Waals surface area contributed by atoms with E-state index in [0.29, 0.717) is 18.8 Å². The van der Waals surface area contributed by atoms with Crippen molar-refractivity contribution in [3.05, 3.63) is 33.9 Å². The molecule has 0 radical (unpaired) electrons. The molecule has 1 amide bonds. The highest BCUT2D eigenvalue weighted by molar-refractivity contribution is 5.99. The van der Waals surface area contributed by atoms with Gasteiger partial charge in [-0.1, -0.05) is 0 Å². The van der Waals surface area contributed by atoms with Crippen molar-refractivity contribution in [2.24, 2.45) is 0 Å². The van der Waals surface area contributed by atoms with E-state index in [1.807, 2.05) is 0 Å². The van der Waals surface area contributed by atoms with E-state index >= 15 is 0 Å².